The van der Waals surface area contributed by atoms with E-state index in [2.05, 4.69) is 25.8 Å². The fourth-order valence-electron chi connectivity index (χ4n) is 6.62. The number of hydrogen-bond acceptors (Lipinski definition) is 8. The number of carbonyl (C=O) groups is 1. The first-order valence-electron chi connectivity index (χ1n) is 14.5. The number of anilines is 1. The summed E-state index contributed by atoms with van der Waals surface area (Å²) in [6.07, 6.45) is 3.39. The quantitative estimate of drug-likeness (QED) is 0.369. The predicted octanol–water partition coefficient (Wildman–Crippen LogP) is 5.85. The third-order valence-corrected chi connectivity index (χ3v) is 9.28. The second kappa shape index (κ2) is 11.8. The summed E-state index contributed by atoms with van der Waals surface area (Å²) in [6.45, 7) is 10.8. The maximum atomic E-state index is 15.5. The van der Waals surface area contributed by atoms with Crippen molar-refractivity contribution < 1.29 is 27.8 Å². The molecule has 1 amide bonds. The molecule has 3 aliphatic heterocycles. The van der Waals surface area contributed by atoms with Crippen LogP contribution in [0, 0.1) is 5.82 Å². The molecular formula is C30H40BrF2N5O4. The minimum atomic E-state index is -0.705. The van der Waals surface area contributed by atoms with E-state index in [4.69, 9.17) is 19.2 Å². The van der Waals surface area contributed by atoms with Crippen LogP contribution < -0.4 is 9.64 Å². The highest BCUT2D eigenvalue weighted by molar-refractivity contribution is 9.10. The monoisotopic (exact) mass is 651 g/mol. The highest BCUT2D eigenvalue weighted by Crippen LogP contribution is 2.42. The Balaban J connectivity index is 1.49. The van der Waals surface area contributed by atoms with Crippen LogP contribution in [0.2, 0.25) is 0 Å². The average molecular weight is 653 g/mol. The molecule has 1 aromatic heterocycles. The molecular weight excluding hydrogens is 612 g/mol. The number of benzene rings is 1. The lowest BCUT2D eigenvalue weighted by Crippen LogP contribution is -2.66. The third-order valence-electron chi connectivity index (χ3n) is 8.67. The van der Waals surface area contributed by atoms with Crippen LogP contribution in [-0.2, 0) is 9.47 Å². The molecule has 42 heavy (non-hydrogen) atoms. The van der Waals surface area contributed by atoms with Gasteiger partial charge < -0.3 is 19.1 Å². The minimum Gasteiger partial charge on any atom is -0.461 e. The van der Waals surface area contributed by atoms with Gasteiger partial charge >= 0.3 is 12.1 Å². The van der Waals surface area contributed by atoms with Crippen molar-refractivity contribution in [2.24, 2.45) is 0 Å². The van der Waals surface area contributed by atoms with Gasteiger partial charge in [0.1, 0.15) is 23.5 Å². The van der Waals surface area contributed by atoms with E-state index in [1.807, 2.05) is 32.6 Å². The van der Waals surface area contributed by atoms with Gasteiger partial charge in [-0.3, -0.25) is 9.80 Å². The van der Waals surface area contributed by atoms with Gasteiger partial charge in [0.05, 0.1) is 28.5 Å². The maximum Gasteiger partial charge on any atom is 0.410 e. The molecule has 0 N–H and O–H groups in total. The number of nitrogens with zero attached hydrogens (tertiary/aromatic N) is 5. The van der Waals surface area contributed by atoms with E-state index in [0.717, 1.165) is 25.0 Å². The van der Waals surface area contributed by atoms with Gasteiger partial charge in [0.25, 0.3) is 0 Å². The molecule has 5 rings (SSSR count). The zero-order valence-electron chi connectivity index (χ0n) is 25.0. The summed E-state index contributed by atoms with van der Waals surface area (Å²) < 4.78 is 46.8. The van der Waals surface area contributed by atoms with Crippen molar-refractivity contribution in [3.05, 3.63) is 34.3 Å². The number of hydrogen-bond donors (Lipinski definition) is 0. The fraction of sp³-hybridized carbons (Fsp3) is 0.633. The van der Waals surface area contributed by atoms with Crippen molar-refractivity contribution in [1.29, 1.82) is 0 Å². The largest absolute Gasteiger partial charge is 0.461 e. The molecule has 1 unspecified atom stereocenters. The van der Waals surface area contributed by atoms with E-state index in [1.165, 1.54) is 0 Å². The number of methoxy groups -OCH3 is 1. The lowest BCUT2D eigenvalue weighted by Gasteiger charge is -2.50. The van der Waals surface area contributed by atoms with E-state index >= 15 is 4.39 Å². The van der Waals surface area contributed by atoms with Crippen LogP contribution in [-0.4, -0.2) is 95.6 Å². The van der Waals surface area contributed by atoms with E-state index in [9.17, 15) is 9.18 Å². The van der Waals surface area contributed by atoms with Crippen molar-refractivity contribution in [3.63, 3.8) is 0 Å². The topological polar surface area (TPSA) is 80.3 Å². The molecule has 0 bridgehead atoms. The normalized spacial score (nSPS) is 25.9. The highest BCUT2D eigenvalue weighted by atomic mass is 79.9. The average Bonchev–Trinajstić information content (AvgIpc) is 3.50. The first-order chi connectivity index (χ1) is 19.9. The van der Waals surface area contributed by atoms with Gasteiger partial charge in [0.2, 0.25) is 0 Å². The van der Waals surface area contributed by atoms with Crippen LogP contribution >= 0.6 is 15.9 Å². The van der Waals surface area contributed by atoms with Gasteiger partial charge in [-0.15, -0.1) is 0 Å². The molecule has 4 heterocycles. The second-order valence-electron chi connectivity index (χ2n) is 12.6. The molecule has 2 atom stereocenters. The van der Waals surface area contributed by atoms with E-state index < -0.39 is 23.1 Å². The molecule has 1 aromatic carbocycles. The Morgan fingerprint density at radius 1 is 1.19 bits per heavy atom. The van der Waals surface area contributed by atoms with E-state index in [1.54, 1.807) is 24.1 Å². The van der Waals surface area contributed by atoms with E-state index in [-0.39, 0.29) is 34.8 Å². The Kier molecular flexibility index (Phi) is 8.70. The van der Waals surface area contributed by atoms with Crippen molar-refractivity contribution in [2.75, 3.05) is 57.9 Å². The molecule has 3 saturated heterocycles. The lowest BCUT2D eigenvalue weighted by molar-refractivity contribution is -0.0318. The van der Waals surface area contributed by atoms with Crippen LogP contribution in [0.15, 0.2) is 28.5 Å². The highest BCUT2D eigenvalue weighted by Gasteiger charge is 2.48. The van der Waals surface area contributed by atoms with Gasteiger partial charge in [0.15, 0.2) is 5.82 Å². The zero-order chi connectivity index (χ0) is 30.3. The standard InChI is InChI=1S/C30H40BrF2N5O4/c1-6-29(18-40-5)17-36(12-13-38(29)27(39)42-28(2,3)4)25-21-8-9-22(31)23(33)24(21)34-26(35-25)41-19-30-10-7-11-37(30)16-20(14-30)15-32/h8-9,15H,6-7,10-14,16-19H2,1-5H3/b20-15+/t29-,30?/m1/s1. The Labute approximate surface area is 254 Å². The molecule has 230 valence electrons. The van der Waals surface area contributed by atoms with Crippen LogP contribution in [0.5, 0.6) is 6.01 Å². The number of aromatic nitrogens is 2. The van der Waals surface area contributed by atoms with Crippen LogP contribution in [0.4, 0.5) is 19.4 Å². The SMILES string of the molecule is CC[C@]1(COC)CN(c2nc(OCC34CCCN3C/C(=C/F)C4)nc3c(F)c(Br)ccc23)CCN1C(=O)OC(C)(C)C. The van der Waals surface area contributed by atoms with Crippen LogP contribution in [0.25, 0.3) is 10.9 Å². The maximum absolute atomic E-state index is 15.5. The van der Waals surface area contributed by atoms with Crippen LogP contribution in [0.3, 0.4) is 0 Å². The zero-order valence-corrected chi connectivity index (χ0v) is 26.6. The molecule has 9 nitrogen and oxygen atoms in total. The Hall–Kier alpha value is -2.57. The first-order valence-corrected chi connectivity index (χ1v) is 15.3. The molecule has 0 radical (unpaired) electrons. The Morgan fingerprint density at radius 3 is 2.67 bits per heavy atom. The first kappa shape index (κ1) is 30.9. The van der Waals surface area contributed by atoms with Crippen molar-refractivity contribution in [3.8, 4) is 6.01 Å². The summed E-state index contributed by atoms with van der Waals surface area (Å²) in [7, 11) is 1.61. The van der Waals surface area contributed by atoms with Gasteiger partial charge in [0, 0.05) is 38.7 Å². The predicted molar refractivity (Wildman–Crippen MR) is 160 cm³/mol. The fourth-order valence-corrected chi connectivity index (χ4v) is 6.94. The molecule has 12 heteroatoms. The molecule has 0 spiro atoms. The summed E-state index contributed by atoms with van der Waals surface area (Å²) >= 11 is 3.29. The molecule has 3 aliphatic rings. The number of rotatable bonds is 7. The number of carbonyl (C=O) groups excluding carboxylic acids is 1. The number of fused-ring (bicyclic) bond motifs is 2. The van der Waals surface area contributed by atoms with Gasteiger partial charge in [-0.2, -0.15) is 9.97 Å². The number of piperazine rings is 1. The number of halogens is 3. The summed E-state index contributed by atoms with van der Waals surface area (Å²) in [5.74, 6) is 0.0203. The summed E-state index contributed by atoms with van der Waals surface area (Å²) in [4.78, 5) is 28.7. The van der Waals surface area contributed by atoms with Gasteiger partial charge in [-0.25, -0.2) is 13.6 Å². The molecule has 3 fully saturated rings. The van der Waals surface area contributed by atoms with Crippen molar-refractivity contribution in [2.45, 2.75) is 70.1 Å². The molecule has 0 aliphatic carbocycles. The lowest BCUT2D eigenvalue weighted by atomic mass is 9.91. The Bertz CT molecular complexity index is 1370. The molecule has 0 saturated carbocycles. The number of amides is 1. The van der Waals surface area contributed by atoms with Crippen LogP contribution in [0.1, 0.15) is 53.4 Å². The smallest absolute Gasteiger partial charge is 0.410 e. The van der Waals surface area contributed by atoms with Crippen molar-refractivity contribution in [1.82, 2.24) is 19.8 Å². The van der Waals surface area contributed by atoms with E-state index in [0.29, 0.717) is 56.6 Å². The minimum absolute atomic E-state index is 0.0665. The van der Waals surface area contributed by atoms with Crippen molar-refractivity contribution >= 4 is 38.7 Å². The second-order valence-corrected chi connectivity index (χ2v) is 13.5. The summed E-state index contributed by atoms with van der Waals surface area (Å²) in [6, 6.07) is 3.50. The third kappa shape index (κ3) is 5.81. The molecule has 2 aromatic rings. The summed E-state index contributed by atoms with van der Waals surface area (Å²) in [5.41, 5.74) is -0.769. The number of ether oxygens (including phenoxy) is 3. The Morgan fingerprint density at radius 2 is 1.98 bits per heavy atom. The summed E-state index contributed by atoms with van der Waals surface area (Å²) in [5, 5.41) is 0.542. The van der Waals surface area contributed by atoms with Gasteiger partial charge in [-0.05, 0) is 86.6 Å². The van der Waals surface area contributed by atoms with Gasteiger partial charge in [-0.1, -0.05) is 6.92 Å².